The van der Waals surface area contributed by atoms with E-state index in [0.29, 0.717) is 16.8 Å². The van der Waals surface area contributed by atoms with E-state index in [2.05, 4.69) is 16.6 Å². The van der Waals surface area contributed by atoms with Gasteiger partial charge >= 0.3 is 5.97 Å². The second-order valence-corrected chi connectivity index (χ2v) is 2.80. The molecule has 4 nitrogen and oxygen atoms in total. The summed E-state index contributed by atoms with van der Waals surface area (Å²) in [4.78, 5) is 11.4. The van der Waals surface area contributed by atoms with Crippen LogP contribution in [0.25, 0.3) is 0 Å². The zero-order valence-corrected chi connectivity index (χ0v) is 9.64. The molecule has 0 saturated heterocycles. The fourth-order valence-electron chi connectivity index (χ4n) is 1.10. The maximum absolute atomic E-state index is 11.4. The van der Waals surface area contributed by atoms with E-state index in [1.807, 2.05) is 0 Å². The zero-order chi connectivity index (χ0) is 11.3. The molecule has 0 radical (unpaired) electrons. The van der Waals surface area contributed by atoms with Crippen LogP contribution in [0.1, 0.15) is 15.9 Å². The van der Waals surface area contributed by atoms with Crippen molar-refractivity contribution in [2.45, 2.75) is 0 Å². The minimum atomic E-state index is -0.455. The van der Waals surface area contributed by atoms with E-state index in [4.69, 9.17) is 11.5 Å². The van der Waals surface area contributed by atoms with Gasteiger partial charge in [0.05, 0.1) is 19.2 Å². The van der Waals surface area contributed by atoms with Crippen LogP contribution in [0.15, 0.2) is 18.2 Å². The van der Waals surface area contributed by atoms with Gasteiger partial charge in [-0.3, -0.25) is 0 Å². The summed E-state index contributed by atoms with van der Waals surface area (Å²) in [6.07, 6.45) is 0. The first-order valence-electron chi connectivity index (χ1n) is 4.36. The number of hydrogen-bond acceptors (Lipinski definition) is 4. The molecule has 0 amide bonds. The molecule has 0 aliphatic heterocycles. The Hall–Kier alpha value is -1.70. The third kappa shape index (κ3) is 3.46. The summed E-state index contributed by atoms with van der Waals surface area (Å²) in [5.41, 5.74) is 12.2. The third-order valence-corrected chi connectivity index (χ3v) is 1.77. The lowest BCUT2D eigenvalue weighted by Gasteiger charge is -2.03. The molecule has 1 aromatic rings. The smallest absolute Gasteiger partial charge is 0.339 e. The van der Waals surface area contributed by atoms with Crippen molar-refractivity contribution < 1.29 is 9.53 Å². The van der Waals surface area contributed by atoms with Crippen LogP contribution in [0, 0.1) is 11.8 Å². The number of carbonyl (C=O) groups is 1. The summed E-state index contributed by atoms with van der Waals surface area (Å²) in [6, 6.07) is 4.88. The number of nitrogens with two attached hydrogens (primary N) is 2. The van der Waals surface area contributed by atoms with Crippen molar-refractivity contribution in [2.75, 3.05) is 19.4 Å². The quantitative estimate of drug-likeness (QED) is 0.432. The van der Waals surface area contributed by atoms with Crippen molar-refractivity contribution in [1.82, 2.24) is 0 Å². The number of rotatable bonds is 1. The Morgan fingerprint density at radius 2 is 2.19 bits per heavy atom. The Balaban J connectivity index is 0.00000225. The van der Waals surface area contributed by atoms with Gasteiger partial charge in [-0.2, -0.15) is 0 Å². The molecule has 86 valence electrons. The monoisotopic (exact) mass is 240 g/mol. The first-order valence-corrected chi connectivity index (χ1v) is 4.36. The SMILES string of the molecule is COC(=O)c1cc(N)ccc1C#CCN.Cl. The number of esters is 1. The van der Waals surface area contributed by atoms with E-state index >= 15 is 0 Å². The summed E-state index contributed by atoms with van der Waals surface area (Å²) < 4.78 is 4.62. The van der Waals surface area contributed by atoms with Crippen LogP contribution < -0.4 is 11.5 Å². The average Bonchev–Trinajstić information content (AvgIpc) is 2.26. The molecule has 16 heavy (non-hydrogen) atoms. The molecule has 0 heterocycles. The second-order valence-electron chi connectivity index (χ2n) is 2.80. The second kappa shape index (κ2) is 6.72. The van der Waals surface area contributed by atoms with E-state index in [0.717, 1.165) is 0 Å². The van der Waals surface area contributed by atoms with Crippen molar-refractivity contribution in [2.24, 2.45) is 5.73 Å². The van der Waals surface area contributed by atoms with Crippen LogP contribution in [-0.2, 0) is 4.74 Å². The maximum atomic E-state index is 11.4. The van der Waals surface area contributed by atoms with Crippen LogP contribution >= 0.6 is 12.4 Å². The van der Waals surface area contributed by atoms with Gasteiger partial charge in [-0.05, 0) is 18.2 Å². The lowest BCUT2D eigenvalue weighted by atomic mass is 10.1. The standard InChI is InChI=1S/C11H12N2O2.ClH/c1-15-11(14)10-7-9(13)5-4-8(10)3-2-6-12;/h4-5,7H,6,12-13H2,1H3;1H. The molecule has 1 rings (SSSR count). The summed E-state index contributed by atoms with van der Waals surface area (Å²) in [6.45, 7) is 0.241. The number of carbonyl (C=O) groups excluding carboxylic acids is 1. The molecule has 0 unspecified atom stereocenters. The Morgan fingerprint density at radius 3 is 2.75 bits per heavy atom. The third-order valence-electron chi connectivity index (χ3n) is 1.77. The van der Waals surface area contributed by atoms with E-state index in [1.54, 1.807) is 12.1 Å². The van der Waals surface area contributed by atoms with Gasteiger partial charge in [0.2, 0.25) is 0 Å². The first-order chi connectivity index (χ1) is 7.19. The number of ether oxygens (including phenoxy) is 1. The maximum Gasteiger partial charge on any atom is 0.339 e. The van der Waals surface area contributed by atoms with Crippen molar-refractivity contribution in [3.05, 3.63) is 29.3 Å². The molecular weight excluding hydrogens is 228 g/mol. The highest BCUT2D eigenvalue weighted by Crippen LogP contribution is 2.13. The number of benzene rings is 1. The van der Waals surface area contributed by atoms with E-state index in [9.17, 15) is 4.79 Å². The van der Waals surface area contributed by atoms with Crippen LogP contribution in [0.2, 0.25) is 0 Å². The van der Waals surface area contributed by atoms with Crippen LogP contribution in [-0.4, -0.2) is 19.6 Å². The highest BCUT2D eigenvalue weighted by molar-refractivity contribution is 5.93. The molecule has 0 saturated carbocycles. The number of methoxy groups -OCH3 is 1. The highest BCUT2D eigenvalue weighted by Gasteiger charge is 2.10. The first kappa shape index (κ1) is 14.3. The molecule has 0 fully saturated rings. The number of halogens is 1. The van der Waals surface area contributed by atoms with Crippen molar-refractivity contribution in [3.63, 3.8) is 0 Å². The largest absolute Gasteiger partial charge is 0.465 e. The van der Waals surface area contributed by atoms with Crippen molar-refractivity contribution in [3.8, 4) is 11.8 Å². The predicted octanol–water partition coefficient (Wildman–Crippen LogP) is 0.787. The topological polar surface area (TPSA) is 78.3 Å². The van der Waals surface area contributed by atoms with E-state index < -0.39 is 5.97 Å². The van der Waals surface area contributed by atoms with Gasteiger partial charge in [0.1, 0.15) is 0 Å². The van der Waals surface area contributed by atoms with E-state index in [1.165, 1.54) is 13.2 Å². The molecule has 0 spiro atoms. The minimum Gasteiger partial charge on any atom is -0.465 e. The van der Waals surface area contributed by atoms with Crippen LogP contribution in [0.4, 0.5) is 5.69 Å². The van der Waals surface area contributed by atoms with E-state index in [-0.39, 0.29) is 19.0 Å². The number of hydrogen-bond donors (Lipinski definition) is 2. The van der Waals surface area contributed by atoms with Gasteiger partial charge in [-0.15, -0.1) is 12.4 Å². The minimum absolute atomic E-state index is 0. The summed E-state index contributed by atoms with van der Waals surface area (Å²) in [5, 5.41) is 0. The Kier molecular flexibility index (Phi) is 6.01. The van der Waals surface area contributed by atoms with Crippen molar-refractivity contribution in [1.29, 1.82) is 0 Å². The van der Waals surface area contributed by atoms with Crippen LogP contribution in [0.5, 0.6) is 0 Å². The lowest BCUT2D eigenvalue weighted by molar-refractivity contribution is 0.0600. The van der Waals surface area contributed by atoms with Gasteiger partial charge in [0, 0.05) is 11.3 Å². The fourth-order valence-corrected chi connectivity index (χ4v) is 1.10. The van der Waals surface area contributed by atoms with Gasteiger partial charge in [0.25, 0.3) is 0 Å². The van der Waals surface area contributed by atoms with Gasteiger partial charge in [0.15, 0.2) is 0 Å². The molecule has 5 heteroatoms. The molecule has 0 aliphatic rings. The molecule has 0 bridgehead atoms. The fraction of sp³-hybridized carbons (Fsp3) is 0.182. The molecule has 4 N–H and O–H groups in total. The Labute approximate surface area is 100 Å². The van der Waals surface area contributed by atoms with Gasteiger partial charge in [-0.1, -0.05) is 11.8 Å². The predicted molar refractivity (Wildman–Crippen MR) is 65.4 cm³/mol. The summed E-state index contributed by atoms with van der Waals surface area (Å²) in [5.74, 6) is 5.00. The number of nitrogen functional groups attached to an aromatic ring is 1. The zero-order valence-electron chi connectivity index (χ0n) is 8.82. The Bertz CT molecular complexity index is 435. The molecule has 0 atom stereocenters. The molecule has 0 aromatic heterocycles. The van der Waals surface area contributed by atoms with Gasteiger partial charge in [-0.25, -0.2) is 4.79 Å². The lowest BCUT2D eigenvalue weighted by Crippen LogP contribution is -2.05. The molecule has 1 aromatic carbocycles. The van der Waals surface area contributed by atoms with Gasteiger partial charge < -0.3 is 16.2 Å². The Morgan fingerprint density at radius 1 is 1.50 bits per heavy atom. The van der Waals surface area contributed by atoms with Crippen molar-refractivity contribution >= 4 is 24.1 Å². The summed E-state index contributed by atoms with van der Waals surface area (Å²) in [7, 11) is 1.31. The normalized spacial score (nSPS) is 8.38. The molecule has 0 aliphatic carbocycles. The molecular formula is C11H13ClN2O2. The highest BCUT2D eigenvalue weighted by atomic mass is 35.5. The summed E-state index contributed by atoms with van der Waals surface area (Å²) >= 11 is 0. The average molecular weight is 241 g/mol. The number of anilines is 1. The van der Waals surface area contributed by atoms with Crippen LogP contribution in [0.3, 0.4) is 0 Å².